The summed E-state index contributed by atoms with van der Waals surface area (Å²) in [7, 11) is -3.47. The minimum absolute atomic E-state index is 0.302. The number of hydrogen-bond donors (Lipinski definition) is 1. The normalized spacial score (nSPS) is 15.5. The second-order valence-corrected chi connectivity index (χ2v) is 8.12. The third-order valence-electron chi connectivity index (χ3n) is 4.42. The van der Waals surface area contributed by atoms with Gasteiger partial charge in [-0.25, -0.2) is 13.1 Å². The Bertz CT molecular complexity index is 779. The molecule has 128 valence electrons. The van der Waals surface area contributed by atoms with E-state index in [0.717, 1.165) is 24.2 Å². The van der Waals surface area contributed by atoms with Crippen molar-refractivity contribution < 1.29 is 8.42 Å². The van der Waals surface area contributed by atoms with Gasteiger partial charge >= 0.3 is 0 Å². The van der Waals surface area contributed by atoms with Gasteiger partial charge in [0.25, 0.3) is 0 Å². The smallest absolute Gasteiger partial charge is 0.240 e. The Labute approximate surface area is 144 Å². The van der Waals surface area contributed by atoms with Crippen LogP contribution < -0.4 is 9.62 Å². The highest BCUT2D eigenvalue weighted by atomic mass is 32.2. The van der Waals surface area contributed by atoms with E-state index in [-0.39, 0.29) is 0 Å². The van der Waals surface area contributed by atoms with E-state index in [9.17, 15) is 8.42 Å². The number of anilines is 1. The number of nitrogens with one attached hydrogen (secondary N) is 1. The van der Waals surface area contributed by atoms with Crippen LogP contribution in [0.25, 0.3) is 0 Å². The van der Waals surface area contributed by atoms with Gasteiger partial charge in [-0.3, -0.25) is 0 Å². The Morgan fingerprint density at radius 1 is 1.00 bits per heavy atom. The first-order valence-corrected chi connectivity index (χ1v) is 9.93. The van der Waals surface area contributed by atoms with Gasteiger partial charge in [0.15, 0.2) is 0 Å². The van der Waals surface area contributed by atoms with Crippen LogP contribution in [0.4, 0.5) is 5.69 Å². The number of rotatable bonds is 5. The highest BCUT2D eigenvalue weighted by molar-refractivity contribution is 7.89. The first-order chi connectivity index (χ1) is 11.5. The minimum Gasteiger partial charge on any atom is -0.372 e. The molecule has 24 heavy (non-hydrogen) atoms. The van der Waals surface area contributed by atoms with Gasteiger partial charge in [0.1, 0.15) is 0 Å². The van der Waals surface area contributed by atoms with Crippen molar-refractivity contribution in [1.82, 2.24) is 4.72 Å². The zero-order chi connectivity index (χ0) is 17.0. The monoisotopic (exact) mass is 344 g/mol. The molecular weight excluding hydrogens is 320 g/mol. The van der Waals surface area contributed by atoms with E-state index < -0.39 is 10.0 Å². The molecule has 1 saturated heterocycles. The average molecular weight is 344 g/mol. The minimum atomic E-state index is -3.47. The van der Waals surface area contributed by atoms with Crippen molar-refractivity contribution in [2.24, 2.45) is 0 Å². The molecule has 0 aliphatic carbocycles. The molecule has 1 heterocycles. The Hall–Kier alpha value is -1.85. The number of aryl methyl sites for hydroxylation is 1. The van der Waals surface area contributed by atoms with Crippen molar-refractivity contribution in [1.29, 1.82) is 0 Å². The molecule has 0 radical (unpaired) electrons. The molecule has 0 atom stereocenters. The van der Waals surface area contributed by atoms with Crippen LogP contribution in [-0.4, -0.2) is 21.5 Å². The van der Waals surface area contributed by atoms with Gasteiger partial charge in [-0.15, -0.1) is 0 Å². The van der Waals surface area contributed by atoms with Gasteiger partial charge in [0.05, 0.1) is 4.90 Å². The fraction of sp³-hybridized carbons (Fsp3) is 0.368. The molecule has 3 rings (SSSR count). The van der Waals surface area contributed by atoms with Crippen LogP contribution in [0.5, 0.6) is 0 Å². The topological polar surface area (TPSA) is 49.4 Å². The summed E-state index contributed by atoms with van der Waals surface area (Å²) >= 11 is 0. The molecule has 0 spiro atoms. The first kappa shape index (κ1) is 17.0. The predicted molar refractivity (Wildman–Crippen MR) is 97.7 cm³/mol. The van der Waals surface area contributed by atoms with E-state index in [1.165, 1.54) is 24.9 Å². The number of piperidine rings is 1. The van der Waals surface area contributed by atoms with E-state index in [4.69, 9.17) is 0 Å². The molecule has 1 fully saturated rings. The zero-order valence-corrected chi connectivity index (χ0v) is 14.8. The lowest BCUT2D eigenvalue weighted by Gasteiger charge is -2.28. The molecule has 4 nitrogen and oxygen atoms in total. The number of sulfonamides is 1. The van der Waals surface area contributed by atoms with Crippen molar-refractivity contribution in [3.05, 3.63) is 59.7 Å². The van der Waals surface area contributed by atoms with E-state index in [1.54, 1.807) is 18.2 Å². The molecule has 5 heteroatoms. The summed E-state index contributed by atoms with van der Waals surface area (Å²) in [5, 5.41) is 0. The van der Waals surface area contributed by atoms with Crippen molar-refractivity contribution in [3.8, 4) is 0 Å². The molecule has 1 aliphatic heterocycles. The van der Waals surface area contributed by atoms with Crippen LogP contribution in [0.2, 0.25) is 0 Å². The Kier molecular flexibility index (Phi) is 5.21. The fourth-order valence-electron chi connectivity index (χ4n) is 3.02. The Morgan fingerprint density at radius 2 is 1.71 bits per heavy atom. The summed E-state index contributed by atoms with van der Waals surface area (Å²) < 4.78 is 27.4. The van der Waals surface area contributed by atoms with Crippen molar-refractivity contribution in [2.45, 2.75) is 37.6 Å². The van der Waals surface area contributed by atoms with Crippen LogP contribution in [-0.2, 0) is 16.6 Å². The molecule has 1 aliphatic rings. The lowest BCUT2D eigenvalue weighted by Crippen LogP contribution is -2.29. The van der Waals surface area contributed by atoms with Crippen molar-refractivity contribution in [2.75, 3.05) is 18.0 Å². The van der Waals surface area contributed by atoms with Crippen molar-refractivity contribution in [3.63, 3.8) is 0 Å². The van der Waals surface area contributed by atoms with E-state index in [1.807, 2.05) is 25.1 Å². The lowest BCUT2D eigenvalue weighted by molar-refractivity contribution is 0.577. The molecule has 0 amide bonds. The average Bonchev–Trinajstić information content (AvgIpc) is 2.61. The van der Waals surface area contributed by atoms with Gasteiger partial charge in [-0.2, -0.15) is 0 Å². The lowest BCUT2D eigenvalue weighted by atomic mass is 10.1. The van der Waals surface area contributed by atoms with Crippen LogP contribution in [0, 0.1) is 6.92 Å². The summed E-state index contributed by atoms with van der Waals surface area (Å²) in [5.74, 6) is 0. The Morgan fingerprint density at radius 3 is 2.38 bits per heavy atom. The maximum atomic E-state index is 12.4. The first-order valence-electron chi connectivity index (χ1n) is 8.45. The number of hydrogen-bond acceptors (Lipinski definition) is 3. The van der Waals surface area contributed by atoms with Gasteiger partial charge in [-0.1, -0.05) is 24.3 Å². The maximum absolute atomic E-state index is 12.4. The van der Waals surface area contributed by atoms with Gasteiger partial charge in [0, 0.05) is 25.3 Å². The molecule has 0 saturated carbocycles. The standard InChI is InChI=1S/C19H24N2O2S/c1-16-6-5-7-19(14-16)24(22,23)20-15-17-8-10-18(11-9-17)21-12-3-2-4-13-21/h5-11,14,20H,2-4,12-13,15H2,1H3. The van der Waals surface area contributed by atoms with Gasteiger partial charge < -0.3 is 4.90 Å². The van der Waals surface area contributed by atoms with Crippen LogP contribution in [0.3, 0.4) is 0 Å². The molecule has 2 aromatic rings. The summed E-state index contributed by atoms with van der Waals surface area (Å²) in [5.41, 5.74) is 3.12. The largest absolute Gasteiger partial charge is 0.372 e. The predicted octanol–water partition coefficient (Wildman–Crippen LogP) is 3.46. The summed E-state index contributed by atoms with van der Waals surface area (Å²) in [6.45, 7) is 4.41. The highest BCUT2D eigenvalue weighted by Crippen LogP contribution is 2.20. The molecule has 2 aromatic carbocycles. The quantitative estimate of drug-likeness (QED) is 0.903. The third-order valence-corrected chi connectivity index (χ3v) is 5.82. The molecule has 0 unspecified atom stereocenters. The maximum Gasteiger partial charge on any atom is 0.240 e. The summed E-state index contributed by atoms with van der Waals surface area (Å²) in [6, 6.07) is 15.1. The summed E-state index contributed by atoms with van der Waals surface area (Å²) in [4.78, 5) is 2.71. The fourth-order valence-corrected chi connectivity index (χ4v) is 4.14. The highest BCUT2D eigenvalue weighted by Gasteiger charge is 2.14. The zero-order valence-electron chi connectivity index (χ0n) is 14.0. The van der Waals surface area contributed by atoms with Crippen LogP contribution in [0.1, 0.15) is 30.4 Å². The van der Waals surface area contributed by atoms with E-state index in [2.05, 4.69) is 21.8 Å². The number of nitrogens with zero attached hydrogens (tertiary/aromatic N) is 1. The van der Waals surface area contributed by atoms with E-state index >= 15 is 0 Å². The van der Waals surface area contributed by atoms with Crippen LogP contribution >= 0.6 is 0 Å². The SMILES string of the molecule is Cc1cccc(S(=O)(=O)NCc2ccc(N3CCCCC3)cc2)c1. The second-order valence-electron chi connectivity index (χ2n) is 6.36. The molecule has 0 aromatic heterocycles. The van der Waals surface area contributed by atoms with E-state index in [0.29, 0.717) is 11.4 Å². The molecule has 1 N–H and O–H groups in total. The van der Waals surface area contributed by atoms with Crippen molar-refractivity contribution >= 4 is 15.7 Å². The molecule has 0 bridgehead atoms. The van der Waals surface area contributed by atoms with Crippen LogP contribution in [0.15, 0.2) is 53.4 Å². The van der Waals surface area contributed by atoms with Gasteiger partial charge in [0.2, 0.25) is 10.0 Å². The Balaban J connectivity index is 1.64. The number of benzene rings is 2. The van der Waals surface area contributed by atoms with Gasteiger partial charge in [-0.05, 0) is 61.6 Å². The second kappa shape index (κ2) is 7.36. The summed E-state index contributed by atoms with van der Waals surface area (Å²) in [6.07, 6.45) is 3.81. The third kappa shape index (κ3) is 4.16. The molecular formula is C19H24N2O2S.